The molecule has 0 fully saturated rings. The molecule has 0 heterocycles. The Balaban J connectivity index is 2.16. The number of non-ortho nitro benzene ring substituents is 1. The van der Waals surface area contributed by atoms with Crippen LogP contribution in [0.3, 0.4) is 0 Å². The Morgan fingerprint density at radius 3 is 2.40 bits per heavy atom. The van der Waals surface area contributed by atoms with Crippen LogP contribution < -0.4 is 0 Å². The van der Waals surface area contributed by atoms with Gasteiger partial charge in [0.15, 0.2) is 0 Å². The maximum atomic E-state index is 13.6. The summed E-state index contributed by atoms with van der Waals surface area (Å²) in [4.78, 5) is 10.0. The lowest BCUT2D eigenvalue weighted by atomic mass is 10.0. The molecular formula is C14H10ClF2NO2. The quantitative estimate of drug-likeness (QED) is 0.477. The lowest BCUT2D eigenvalue weighted by Crippen LogP contribution is -2.00. The SMILES string of the molecule is O=[N+]([O-])c1ccc(CC(Cl)c2cc(F)ccc2F)cc1. The molecule has 1 atom stereocenters. The van der Waals surface area contributed by atoms with Crippen molar-refractivity contribution >= 4 is 17.3 Å². The minimum Gasteiger partial charge on any atom is -0.258 e. The molecule has 0 bridgehead atoms. The van der Waals surface area contributed by atoms with E-state index in [9.17, 15) is 18.9 Å². The molecule has 0 saturated carbocycles. The molecule has 2 aromatic carbocycles. The number of nitro benzene ring substituents is 1. The third-order valence-corrected chi connectivity index (χ3v) is 3.25. The summed E-state index contributed by atoms with van der Waals surface area (Å²) in [5, 5.41) is 9.78. The van der Waals surface area contributed by atoms with Gasteiger partial charge in [-0.2, -0.15) is 0 Å². The van der Waals surface area contributed by atoms with Crippen LogP contribution in [0.4, 0.5) is 14.5 Å². The minimum absolute atomic E-state index is 0.0307. The van der Waals surface area contributed by atoms with Gasteiger partial charge >= 0.3 is 0 Å². The molecule has 104 valence electrons. The van der Waals surface area contributed by atoms with E-state index in [2.05, 4.69) is 0 Å². The van der Waals surface area contributed by atoms with Crippen LogP contribution >= 0.6 is 11.6 Å². The monoisotopic (exact) mass is 297 g/mol. The van der Waals surface area contributed by atoms with Gasteiger partial charge in [-0.3, -0.25) is 10.1 Å². The molecule has 0 aliphatic carbocycles. The second kappa shape index (κ2) is 5.96. The highest BCUT2D eigenvalue weighted by Gasteiger charge is 2.15. The largest absolute Gasteiger partial charge is 0.269 e. The molecule has 3 nitrogen and oxygen atoms in total. The van der Waals surface area contributed by atoms with Crippen molar-refractivity contribution in [1.29, 1.82) is 0 Å². The maximum absolute atomic E-state index is 13.6. The smallest absolute Gasteiger partial charge is 0.258 e. The van der Waals surface area contributed by atoms with E-state index in [1.165, 1.54) is 12.1 Å². The topological polar surface area (TPSA) is 43.1 Å². The van der Waals surface area contributed by atoms with Crippen molar-refractivity contribution in [3.8, 4) is 0 Å². The molecule has 1 unspecified atom stereocenters. The van der Waals surface area contributed by atoms with Crippen molar-refractivity contribution in [3.05, 3.63) is 75.3 Å². The first kappa shape index (κ1) is 14.4. The van der Waals surface area contributed by atoms with Crippen molar-refractivity contribution in [2.75, 3.05) is 0 Å². The van der Waals surface area contributed by atoms with Crippen molar-refractivity contribution in [3.63, 3.8) is 0 Å². The molecule has 20 heavy (non-hydrogen) atoms. The van der Waals surface area contributed by atoms with Crippen LogP contribution in [-0.4, -0.2) is 4.92 Å². The normalized spacial score (nSPS) is 12.2. The van der Waals surface area contributed by atoms with E-state index in [4.69, 9.17) is 11.6 Å². The number of benzene rings is 2. The summed E-state index contributed by atoms with van der Waals surface area (Å²) in [6.07, 6.45) is 0.250. The average Bonchev–Trinajstić information content (AvgIpc) is 2.42. The summed E-state index contributed by atoms with van der Waals surface area (Å²) in [6.45, 7) is 0. The molecule has 0 amide bonds. The number of nitrogens with zero attached hydrogens (tertiary/aromatic N) is 1. The number of alkyl halides is 1. The van der Waals surface area contributed by atoms with Gasteiger partial charge in [-0.05, 0) is 30.2 Å². The highest BCUT2D eigenvalue weighted by atomic mass is 35.5. The number of hydrogen-bond donors (Lipinski definition) is 0. The van der Waals surface area contributed by atoms with Crippen LogP contribution in [0.15, 0.2) is 42.5 Å². The van der Waals surface area contributed by atoms with Crippen molar-refractivity contribution in [2.24, 2.45) is 0 Å². The van der Waals surface area contributed by atoms with E-state index in [1.807, 2.05) is 0 Å². The van der Waals surface area contributed by atoms with E-state index in [-0.39, 0.29) is 17.7 Å². The molecular weight excluding hydrogens is 288 g/mol. The summed E-state index contributed by atoms with van der Waals surface area (Å²) < 4.78 is 26.6. The summed E-state index contributed by atoms with van der Waals surface area (Å²) in [7, 11) is 0. The van der Waals surface area contributed by atoms with Gasteiger partial charge in [0.25, 0.3) is 5.69 Å². The van der Waals surface area contributed by atoms with Crippen LogP contribution in [-0.2, 0) is 6.42 Å². The Kier molecular flexibility index (Phi) is 4.29. The average molecular weight is 298 g/mol. The lowest BCUT2D eigenvalue weighted by molar-refractivity contribution is -0.384. The minimum atomic E-state index is -0.743. The summed E-state index contributed by atoms with van der Waals surface area (Å²) in [5.41, 5.74) is 0.751. The van der Waals surface area contributed by atoms with E-state index in [0.29, 0.717) is 5.56 Å². The fraction of sp³-hybridized carbons (Fsp3) is 0.143. The molecule has 0 saturated heterocycles. The van der Waals surface area contributed by atoms with Gasteiger partial charge in [0, 0.05) is 17.7 Å². The van der Waals surface area contributed by atoms with Crippen LogP contribution in [0.1, 0.15) is 16.5 Å². The van der Waals surface area contributed by atoms with E-state index in [1.54, 1.807) is 12.1 Å². The van der Waals surface area contributed by atoms with E-state index in [0.717, 1.165) is 18.2 Å². The molecule has 2 aromatic rings. The van der Waals surface area contributed by atoms with Gasteiger partial charge in [-0.15, -0.1) is 11.6 Å². The number of hydrogen-bond acceptors (Lipinski definition) is 2. The molecule has 2 rings (SSSR count). The van der Waals surface area contributed by atoms with Crippen molar-refractivity contribution < 1.29 is 13.7 Å². The Bertz CT molecular complexity index is 632. The first-order valence-corrected chi connectivity index (χ1v) is 6.23. The molecule has 0 aliphatic heterocycles. The number of rotatable bonds is 4. The molecule has 0 spiro atoms. The Morgan fingerprint density at radius 1 is 1.15 bits per heavy atom. The van der Waals surface area contributed by atoms with Crippen molar-refractivity contribution in [1.82, 2.24) is 0 Å². The van der Waals surface area contributed by atoms with Crippen LogP contribution in [0.2, 0.25) is 0 Å². The lowest BCUT2D eigenvalue weighted by Gasteiger charge is -2.11. The van der Waals surface area contributed by atoms with Crippen molar-refractivity contribution in [2.45, 2.75) is 11.8 Å². The fourth-order valence-electron chi connectivity index (χ4n) is 1.83. The molecule has 0 aliphatic rings. The second-order valence-corrected chi connectivity index (χ2v) is 4.79. The van der Waals surface area contributed by atoms with Crippen LogP contribution in [0.25, 0.3) is 0 Å². The highest BCUT2D eigenvalue weighted by Crippen LogP contribution is 2.28. The van der Waals surface area contributed by atoms with E-state index >= 15 is 0 Å². The van der Waals surface area contributed by atoms with Gasteiger partial charge in [0.2, 0.25) is 0 Å². The number of halogens is 3. The zero-order chi connectivity index (χ0) is 14.7. The zero-order valence-electron chi connectivity index (χ0n) is 10.2. The first-order chi connectivity index (χ1) is 9.47. The van der Waals surface area contributed by atoms with Gasteiger partial charge in [0.1, 0.15) is 11.6 Å². The Hall–Kier alpha value is -2.01. The van der Waals surface area contributed by atoms with Crippen LogP contribution in [0.5, 0.6) is 0 Å². The van der Waals surface area contributed by atoms with E-state index < -0.39 is 21.9 Å². The zero-order valence-corrected chi connectivity index (χ0v) is 11.0. The summed E-state index contributed by atoms with van der Waals surface area (Å²) in [6, 6.07) is 8.89. The third-order valence-electron chi connectivity index (χ3n) is 2.86. The third kappa shape index (κ3) is 3.30. The molecule has 0 N–H and O–H groups in total. The Morgan fingerprint density at radius 2 is 1.80 bits per heavy atom. The Labute approximate surface area is 119 Å². The maximum Gasteiger partial charge on any atom is 0.269 e. The molecule has 0 radical (unpaired) electrons. The van der Waals surface area contributed by atoms with Gasteiger partial charge in [-0.25, -0.2) is 8.78 Å². The predicted octanol–water partition coefficient (Wildman–Crippen LogP) is 4.40. The predicted molar refractivity (Wildman–Crippen MR) is 71.8 cm³/mol. The molecule has 0 aromatic heterocycles. The first-order valence-electron chi connectivity index (χ1n) is 5.79. The van der Waals surface area contributed by atoms with Gasteiger partial charge in [-0.1, -0.05) is 12.1 Å². The molecule has 6 heteroatoms. The standard InChI is InChI=1S/C14H10ClF2NO2/c15-13(12-8-10(16)3-6-14(12)17)7-9-1-4-11(5-2-9)18(19)20/h1-6,8,13H,7H2. The fourth-order valence-corrected chi connectivity index (χ4v) is 2.17. The highest BCUT2D eigenvalue weighted by molar-refractivity contribution is 6.20. The second-order valence-electron chi connectivity index (χ2n) is 4.26. The van der Waals surface area contributed by atoms with Crippen LogP contribution in [0, 0.1) is 21.7 Å². The summed E-state index contributed by atoms with van der Waals surface area (Å²) >= 11 is 6.08. The number of nitro groups is 1. The van der Waals surface area contributed by atoms with Gasteiger partial charge in [0.05, 0.1) is 10.3 Å². The summed E-state index contributed by atoms with van der Waals surface area (Å²) in [5.74, 6) is -1.14. The van der Waals surface area contributed by atoms with Gasteiger partial charge < -0.3 is 0 Å².